The molecule has 2 saturated heterocycles. The summed E-state index contributed by atoms with van der Waals surface area (Å²) in [7, 11) is 0. The number of thiazole rings is 1. The molecule has 266 valence electrons. The highest BCUT2D eigenvalue weighted by molar-refractivity contribution is 7.22. The second-order valence-electron chi connectivity index (χ2n) is 13.6. The number of fused-ring (bicyclic) bond motifs is 2. The molecule has 9 nitrogen and oxygen atoms in total. The van der Waals surface area contributed by atoms with Gasteiger partial charge in [0.2, 0.25) is 5.91 Å². The zero-order valence-electron chi connectivity index (χ0n) is 27.4. The first-order chi connectivity index (χ1) is 23.7. The molecule has 50 heavy (non-hydrogen) atoms. The number of hydrogen-bond acceptors (Lipinski definition) is 9. The Balaban J connectivity index is 1.38. The van der Waals surface area contributed by atoms with Crippen LogP contribution in [0, 0.1) is 17.0 Å². The lowest BCUT2D eigenvalue weighted by Gasteiger charge is -2.44. The minimum atomic E-state index is -5.06. The van der Waals surface area contributed by atoms with E-state index < -0.39 is 52.7 Å². The fraction of sp³-hybridized carbons (Fsp3) is 0.471. The van der Waals surface area contributed by atoms with Crippen LogP contribution in [0.1, 0.15) is 38.7 Å². The Hall–Kier alpha value is -4.18. The van der Waals surface area contributed by atoms with Crippen molar-refractivity contribution in [2.24, 2.45) is 5.41 Å². The number of halogens is 6. The lowest BCUT2D eigenvalue weighted by Crippen LogP contribution is -2.58. The summed E-state index contributed by atoms with van der Waals surface area (Å²) in [5.74, 6) is -2.35. The van der Waals surface area contributed by atoms with Gasteiger partial charge in [0.1, 0.15) is 23.3 Å². The minimum absolute atomic E-state index is 0.0119. The van der Waals surface area contributed by atoms with E-state index in [0.717, 1.165) is 42.4 Å². The maximum atomic E-state index is 17.0. The van der Waals surface area contributed by atoms with Crippen molar-refractivity contribution in [2.75, 3.05) is 50.0 Å². The van der Waals surface area contributed by atoms with Crippen LogP contribution in [0.2, 0.25) is 0 Å². The van der Waals surface area contributed by atoms with Gasteiger partial charge in [0, 0.05) is 66.7 Å². The summed E-state index contributed by atoms with van der Waals surface area (Å²) >= 11 is 0.742. The lowest BCUT2D eigenvalue weighted by molar-refractivity contribution is -0.137. The average molecular weight is 720 g/mol. The summed E-state index contributed by atoms with van der Waals surface area (Å²) in [6.45, 7) is 9.22. The second-order valence-corrected chi connectivity index (χ2v) is 14.6. The number of nitrogen functional groups attached to an aromatic ring is 1. The van der Waals surface area contributed by atoms with Crippen LogP contribution in [0.25, 0.3) is 32.2 Å². The number of ether oxygens (including phenoxy) is 1. The van der Waals surface area contributed by atoms with Crippen molar-refractivity contribution in [1.82, 2.24) is 24.8 Å². The van der Waals surface area contributed by atoms with Crippen LogP contribution >= 0.6 is 11.3 Å². The van der Waals surface area contributed by atoms with Gasteiger partial charge in [-0.1, -0.05) is 17.9 Å². The largest absolute Gasteiger partial charge is 0.463 e. The number of likely N-dealkylation sites (tertiary alicyclic amines) is 1. The number of amides is 1. The van der Waals surface area contributed by atoms with Crippen molar-refractivity contribution in [3.05, 3.63) is 48.1 Å². The third kappa shape index (κ3) is 6.20. The Bertz CT molecular complexity index is 2000. The molecule has 4 heterocycles. The van der Waals surface area contributed by atoms with Crippen molar-refractivity contribution >= 4 is 49.3 Å². The van der Waals surface area contributed by atoms with E-state index in [1.807, 2.05) is 4.90 Å². The number of carbonyl (C=O) groups is 1. The highest BCUT2D eigenvalue weighted by Gasteiger charge is 2.46. The topological polar surface area (TPSA) is 101 Å². The zero-order valence-corrected chi connectivity index (χ0v) is 28.2. The molecule has 3 atom stereocenters. The number of nitrogens with zero attached hydrogens (tertiary/aromatic N) is 6. The predicted molar refractivity (Wildman–Crippen MR) is 179 cm³/mol. The predicted octanol–water partition coefficient (Wildman–Crippen LogP) is 6.60. The summed E-state index contributed by atoms with van der Waals surface area (Å²) < 4.78 is 96.3. The molecule has 3 fully saturated rings. The summed E-state index contributed by atoms with van der Waals surface area (Å²) in [5.41, 5.74) is 2.41. The molecule has 7 rings (SSSR count). The van der Waals surface area contributed by atoms with Gasteiger partial charge < -0.3 is 20.3 Å². The first-order valence-electron chi connectivity index (χ1n) is 16.3. The molecule has 2 N–H and O–H groups in total. The van der Waals surface area contributed by atoms with Gasteiger partial charge in [-0.05, 0) is 57.4 Å². The monoisotopic (exact) mass is 719 g/mol. The summed E-state index contributed by atoms with van der Waals surface area (Å²) in [4.78, 5) is 30.9. The van der Waals surface area contributed by atoms with E-state index in [2.05, 4.69) is 21.5 Å². The van der Waals surface area contributed by atoms with Gasteiger partial charge in [-0.3, -0.25) is 9.69 Å². The molecule has 3 aliphatic rings. The van der Waals surface area contributed by atoms with Crippen LogP contribution in [0.5, 0.6) is 6.01 Å². The molecular weight excluding hydrogens is 684 g/mol. The Labute approximate surface area is 287 Å². The number of alkyl halides is 4. The van der Waals surface area contributed by atoms with Crippen molar-refractivity contribution < 1.29 is 35.9 Å². The second kappa shape index (κ2) is 12.5. The first kappa shape index (κ1) is 34.3. The van der Waals surface area contributed by atoms with E-state index in [-0.39, 0.29) is 69.1 Å². The summed E-state index contributed by atoms with van der Waals surface area (Å²) in [5, 5.41) is -0.305. The van der Waals surface area contributed by atoms with Crippen LogP contribution in [0.4, 0.5) is 37.3 Å². The number of aromatic nitrogens is 3. The van der Waals surface area contributed by atoms with Crippen molar-refractivity contribution in [3.63, 3.8) is 0 Å². The number of hydrogen-bond donors (Lipinski definition) is 1. The molecular formula is C34H35F6N7O2S. The zero-order chi connectivity index (χ0) is 35.7. The Morgan fingerprint density at radius 1 is 1.12 bits per heavy atom. The van der Waals surface area contributed by atoms with E-state index in [1.54, 1.807) is 23.6 Å². The Morgan fingerprint density at radius 2 is 1.88 bits per heavy atom. The molecule has 4 aromatic rings. The van der Waals surface area contributed by atoms with Crippen LogP contribution in [-0.2, 0) is 11.0 Å². The fourth-order valence-corrected chi connectivity index (χ4v) is 7.91. The number of carbonyl (C=O) groups excluding carboxylic acids is 1. The SMILES string of the molecule is C=CC(=O)N1C[C@H](C)N(c2nc(OCC3(CN4CC[C@@H](F)C4)CC3)nc3c(F)c(-c4ccc(F)c5sc(N)nc45)c(C(F)(F)F)cc23)C[C@H]1C. The number of anilines is 2. The molecule has 0 radical (unpaired) electrons. The van der Waals surface area contributed by atoms with Crippen molar-refractivity contribution in [1.29, 1.82) is 0 Å². The maximum absolute atomic E-state index is 17.0. The highest BCUT2D eigenvalue weighted by Crippen LogP contribution is 2.48. The van der Waals surface area contributed by atoms with Gasteiger partial charge in [-0.2, -0.15) is 23.1 Å². The first-order valence-corrected chi connectivity index (χ1v) is 17.1. The van der Waals surface area contributed by atoms with Crippen molar-refractivity contribution in [2.45, 2.75) is 57.5 Å². The number of nitrogens with two attached hydrogens (primary N) is 1. The van der Waals surface area contributed by atoms with Crippen LogP contribution in [-0.4, -0.2) is 88.2 Å². The van der Waals surface area contributed by atoms with Gasteiger partial charge in [-0.25, -0.2) is 18.2 Å². The smallest absolute Gasteiger partial charge is 0.417 e. The number of benzene rings is 2. The molecule has 1 amide bonds. The van der Waals surface area contributed by atoms with Crippen LogP contribution in [0.3, 0.4) is 0 Å². The summed E-state index contributed by atoms with van der Waals surface area (Å²) in [6, 6.07) is 1.72. The standard InChI is InChI=1S/C34H35F6N7O2S/c1-4-24(48)46-12-18(3)47(13-17(46)2)30-21-11-22(34(38,39)40)25(20-5-6-23(36)29-28(20)42-31(41)50-29)26(37)27(21)43-32(44-30)49-16-33(8-9-33)15-45-10-7-19(35)14-45/h4-6,11,17-19H,1,7-10,12-16H2,2-3H3,(H2,41,42)/t17-,18+,19-/m1/s1. The van der Waals surface area contributed by atoms with E-state index in [9.17, 15) is 26.7 Å². The maximum Gasteiger partial charge on any atom is 0.417 e. The average Bonchev–Trinajstić information content (AvgIpc) is 3.52. The molecule has 1 aliphatic carbocycles. The van der Waals surface area contributed by atoms with Gasteiger partial charge in [-0.15, -0.1) is 0 Å². The van der Waals surface area contributed by atoms with E-state index in [4.69, 9.17) is 10.5 Å². The van der Waals surface area contributed by atoms with E-state index in [1.165, 1.54) is 6.08 Å². The highest BCUT2D eigenvalue weighted by atomic mass is 32.1. The minimum Gasteiger partial charge on any atom is -0.463 e. The molecule has 0 bridgehead atoms. The molecule has 0 unspecified atom stereocenters. The molecule has 1 saturated carbocycles. The third-order valence-corrected chi connectivity index (χ3v) is 10.8. The molecule has 2 aromatic heterocycles. The number of piperazine rings is 1. The molecule has 2 aromatic carbocycles. The lowest BCUT2D eigenvalue weighted by atomic mass is 9.95. The van der Waals surface area contributed by atoms with E-state index >= 15 is 4.39 Å². The van der Waals surface area contributed by atoms with Crippen molar-refractivity contribution in [3.8, 4) is 17.1 Å². The van der Waals surface area contributed by atoms with Gasteiger partial charge >= 0.3 is 12.2 Å². The summed E-state index contributed by atoms with van der Waals surface area (Å²) in [6.07, 6.45) is -2.64. The van der Waals surface area contributed by atoms with Gasteiger partial charge in [0.15, 0.2) is 10.9 Å². The molecule has 16 heteroatoms. The fourth-order valence-electron chi connectivity index (χ4n) is 7.15. The number of rotatable bonds is 8. The third-order valence-electron chi connectivity index (χ3n) is 9.93. The van der Waals surface area contributed by atoms with Crippen LogP contribution < -0.4 is 15.4 Å². The van der Waals surface area contributed by atoms with E-state index in [0.29, 0.717) is 26.1 Å². The van der Waals surface area contributed by atoms with Crippen LogP contribution in [0.15, 0.2) is 30.9 Å². The van der Waals surface area contributed by atoms with Gasteiger partial charge in [0.05, 0.1) is 22.4 Å². The molecule has 2 aliphatic heterocycles. The van der Waals surface area contributed by atoms with Gasteiger partial charge in [0.25, 0.3) is 0 Å². The Kier molecular flexibility index (Phi) is 8.60. The quantitative estimate of drug-likeness (QED) is 0.161. The Morgan fingerprint density at radius 3 is 2.54 bits per heavy atom. The normalized spacial score (nSPS) is 22.4. The molecule has 0 spiro atoms.